The monoisotopic (exact) mass is 415 g/mol. The van der Waals surface area contributed by atoms with Crippen LogP contribution >= 0.6 is 15.9 Å². The molecule has 7 heteroatoms. The molecule has 3 amide bonds. The molecule has 2 aromatic carbocycles. The van der Waals surface area contributed by atoms with Crippen molar-refractivity contribution in [2.24, 2.45) is 5.10 Å². The molecule has 0 radical (unpaired) electrons. The number of carbonyl (C=O) groups excluding carboxylic acids is 2. The molecular formula is C19H18BrN3O3. The number of phenols is 1. The second-order valence-corrected chi connectivity index (χ2v) is 7.23. The molecule has 1 atom stereocenters. The summed E-state index contributed by atoms with van der Waals surface area (Å²) in [5, 5.41) is 17.3. The van der Waals surface area contributed by atoms with Crippen LogP contribution in [0.15, 0.2) is 58.1 Å². The van der Waals surface area contributed by atoms with E-state index in [1.165, 1.54) is 12.3 Å². The van der Waals surface area contributed by atoms with Crippen LogP contribution in [0.1, 0.15) is 24.5 Å². The number of aromatic hydroxyl groups is 1. The number of halogens is 1. The predicted octanol–water partition coefficient (Wildman–Crippen LogP) is 3.43. The van der Waals surface area contributed by atoms with E-state index in [1.54, 1.807) is 19.1 Å². The Bertz CT molecular complexity index is 870. The summed E-state index contributed by atoms with van der Waals surface area (Å²) in [6.07, 6.45) is 2.42. The molecule has 1 saturated heterocycles. The van der Waals surface area contributed by atoms with Crippen molar-refractivity contribution in [2.45, 2.75) is 25.3 Å². The van der Waals surface area contributed by atoms with E-state index in [9.17, 15) is 14.7 Å². The zero-order chi connectivity index (χ0) is 18.7. The Labute approximate surface area is 159 Å². The first-order chi connectivity index (χ1) is 12.4. The van der Waals surface area contributed by atoms with Crippen LogP contribution in [0.4, 0.5) is 4.79 Å². The molecule has 6 nitrogen and oxygen atoms in total. The topological polar surface area (TPSA) is 82.0 Å². The minimum absolute atomic E-state index is 0.0100. The van der Waals surface area contributed by atoms with Crippen LogP contribution in [-0.2, 0) is 11.2 Å². The van der Waals surface area contributed by atoms with Gasteiger partial charge in [0, 0.05) is 10.0 Å². The molecule has 26 heavy (non-hydrogen) atoms. The number of phenolic OH excluding ortho intramolecular Hbond substituents is 1. The van der Waals surface area contributed by atoms with Gasteiger partial charge in [0.05, 0.1) is 6.21 Å². The molecule has 0 aromatic heterocycles. The van der Waals surface area contributed by atoms with Gasteiger partial charge >= 0.3 is 6.03 Å². The van der Waals surface area contributed by atoms with E-state index in [0.717, 1.165) is 15.0 Å². The van der Waals surface area contributed by atoms with Crippen molar-refractivity contribution in [3.8, 4) is 5.75 Å². The molecule has 0 saturated carbocycles. The van der Waals surface area contributed by atoms with Crippen LogP contribution in [0.25, 0.3) is 0 Å². The number of benzene rings is 2. The van der Waals surface area contributed by atoms with E-state index in [-0.39, 0.29) is 5.75 Å². The van der Waals surface area contributed by atoms with Crippen molar-refractivity contribution in [3.63, 3.8) is 0 Å². The predicted molar refractivity (Wildman–Crippen MR) is 102 cm³/mol. The smallest absolute Gasteiger partial charge is 0.346 e. The summed E-state index contributed by atoms with van der Waals surface area (Å²) in [4.78, 5) is 24.9. The number of nitrogens with zero attached hydrogens (tertiary/aromatic N) is 2. The van der Waals surface area contributed by atoms with Gasteiger partial charge in [-0.3, -0.25) is 4.79 Å². The fourth-order valence-corrected chi connectivity index (χ4v) is 3.11. The molecule has 0 aliphatic carbocycles. The first-order valence-electron chi connectivity index (χ1n) is 8.12. The Morgan fingerprint density at radius 3 is 2.69 bits per heavy atom. The van der Waals surface area contributed by atoms with E-state index in [2.05, 4.69) is 26.3 Å². The highest BCUT2D eigenvalue weighted by molar-refractivity contribution is 9.10. The molecule has 1 aliphatic heterocycles. The quantitative estimate of drug-likeness (QED) is 0.579. The van der Waals surface area contributed by atoms with Crippen molar-refractivity contribution in [3.05, 3.63) is 64.1 Å². The standard InChI is InChI=1S/C19H18BrN3O3/c1-19(10-9-13-5-3-2-4-6-13)17(25)23(18(26)22-19)21-12-14-11-15(20)7-8-16(14)24/h2-8,11-12,24H,9-10H2,1H3,(H,22,26)/b21-12+/t19-/m0/s1. The van der Waals surface area contributed by atoms with Gasteiger partial charge in [0.1, 0.15) is 11.3 Å². The summed E-state index contributed by atoms with van der Waals surface area (Å²) in [5.74, 6) is -0.403. The van der Waals surface area contributed by atoms with Crippen molar-refractivity contribution < 1.29 is 14.7 Å². The fourth-order valence-electron chi connectivity index (χ4n) is 2.73. The zero-order valence-electron chi connectivity index (χ0n) is 14.1. The molecule has 0 unspecified atom stereocenters. The molecule has 3 rings (SSSR count). The lowest BCUT2D eigenvalue weighted by Gasteiger charge is -2.20. The maximum atomic E-state index is 12.7. The molecule has 2 N–H and O–H groups in total. The summed E-state index contributed by atoms with van der Waals surface area (Å²) < 4.78 is 0.752. The van der Waals surface area contributed by atoms with Crippen LogP contribution in [0, 0.1) is 0 Å². The van der Waals surface area contributed by atoms with Crippen molar-refractivity contribution in [2.75, 3.05) is 0 Å². The number of hydrogen-bond donors (Lipinski definition) is 2. The molecule has 1 fully saturated rings. The van der Waals surface area contributed by atoms with Gasteiger partial charge in [-0.25, -0.2) is 4.79 Å². The summed E-state index contributed by atoms with van der Waals surface area (Å²) in [6.45, 7) is 1.70. The summed E-state index contributed by atoms with van der Waals surface area (Å²) in [7, 11) is 0. The Kier molecular flexibility index (Phi) is 5.08. The van der Waals surface area contributed by atoms with Gasteiger partial charge in [0.25, 0.3) is 5.91 Å². The van der Waals surface area contributed by atoms with E-state index in [4.69, 9.17) is 0 Å². The van der Waals surface area contributed by atoms with Crippen LogP contribution in [0.5, 0.6) is 5.75 Å². The van der Waals surface area contributed by atoms with Gasteiger partial charge in [-0.2, -0.15) is 5.10 Å². The first-order valence-corrected chi connectivity index (χ1v) is 8.91. The number of urea groups is 1. The zero-order valence-corrected chi connectivity index (χ0v) is 15.7. The van der Waals surface area contributed by atoms with Crippen LogP contribution < -0.4 is 5.32 Å². The van der Waals surface area contributed by atoms with Crippen LogP contribution in [0.3, 0.4) is 0 Å². The molecular weight excluding hydrogens is 398 g/mol. The highest BCUT2D eigenvalue weighted by Crippen LogP contribution is 2.24. The Hall–Kier alpha value is -2.67. The third-order valence-electron chi connectivity index (χ3n) is 4.30. The van der Waals surface area contributed by atoms with Gasteiger partial charge in [-0.05, 0) is 43.5 Å². The number of carbonyl (C=O) groups is 2. The minimum atomic E-state index is -1.01. The van der Waals surface area contributed by atoms with E-state index in [1.807, 2.05) is 30.3 Å². The van der Waals surface area contributed by atoms with Gasteiger partial charge in [0.15, 0.2) is 0 Å². The highest BCUT2D eigenvalue weighted by atomic mass is 79.9. The number of rotatable bonds is 5. The maximum absolute atomic E-state index is 12.7. The third kappa shape index (κ3) is 3.77. The summed E-state index contributed by atoms with van der Waals surface area (Å²) in [6, 6.07) is 14.0. The molecule has 134 valence electrons. The van der Waals surface area contributed by atoms with Gasteiger partial charge in [-0.1, -0.05) is 46.3 Å². The number of aryl methyl sites for hydroxylation is 1. The van der Waals surface area contributed by atoms with E-state index >= 15 is 0 Å². The molecule has 1 aliphatic rings. The Balaban J connectivity index is 1.73. The number of imide groups is 1. The fraction of sp³-hybridized carbons (Fsp3) is 0.211. The van der Waals surface area contributed by atoms with Crippen LogP contribution in [-0.4, -0.2) is 33.8 Å². The normalized spacial score (nSPS) is 20.0. The third-order valence-corrected chi connectivity index (χ3v) is 4.79. The number of hydrazone groups is 1. The lowest BCUT2D eigenvalue weighted by atomic mass is 9.93. The SMILES string of the molecule is C[C@@]1(CCc2ccccc2)NC(=O)N(/N=C/c2cc(Br)ccc2O)C1=O. The maximum Gasteiger partial charge on any atom is 0.346 e. The summed E-state index contributed by atoms with van der Waals surface area (Å²) in [5.41, 5.74) is 0.485. The molecule has 1 heterocycles. The second-order valence-electron chi connectivity index (χ2n) is 6.31. The lowest BCUT2D eigenvalue weighted by Crippen LogP contribution is -2.44. The van der Waals surface area contributed by atoms with E-state index in [0.29, 0.717) is 18.4 Å². The molecule has 2 aromatic rings. The lowest BCUT2D eigenvalue weighted by molar-refractivity contribution is -0.130. The van der Waals surface area contributed by atoms with Crippen molar-refractivity contribution >= 4 is 34.1 Å². The van der Waals surface area contributed by atoms with Gasteiger partial charge in [-0.15, -0.1) is 5.01 Å². The largest absolute Gasteiger partial charge is 0.507 e. The highest BCUT2D eigenvalue weighted by Gasteiger charge is 2.47. The number of hydrogen-bond acceptors (Lipinski definition) is 4. The molecule has 0 spiro atoms. The van der Waals surface area contributed by atoms with Crippen molar-refractivity contribution in [1.82, 2.24) is 10.3 Å². The Morgan fingerprint density at radius 2 is 1.96 bits per heavy atom. The first kappa shape index (κ1) is 18.1. The average Bonchev–Trinajstić information content (AvgIpc) is 2.84. The second kappa shape index (κ2) is 7.29. The van der Waals surface area contributed by atoms with Crippen LogP contribution in [0.2, 0.25) is 0 Å². The number of nitrogens with one attached hydrogen (secondary N) is 1. The van der Waals surface area contributed by atoms with Gasteiger partial charge < -0.3 is 10.4 Å². The Morgan fingerprint density at radius 1 is 1.23 bits per heavy atom. The molecule has 0 bridgehead atoms. The van der Waals surface area contributed by atoms with Gasteiger partial charge in [0.2, 0.25) is 0 Å². The van der Waals surface area contributed by atoms with E-state index < -0.39 is 17.5 Å². The summed E-state index contributed by atoms with van der Waals surface area (Å²) >= 11 is 3.30. The average molecular weight is 416 g/mol. The number of amides is 3. The minimum Gasteiger partial charge on any atom is -0.507 e. The van der Waals surface area contributed by atoms with Crippen molar-refractivity contribution in [1.29, 1.82) is 0 Å².